The van der Waals surface area contributed by atoms with Crippen LogP contribution >= 0.6 is 8.38 Å². The van der Waals surface area contributed by atoms with Crippen molar-refractivity contribution in [3.63, 3.8) is 0 Å². The highest BCUT2D eigenvalue weighted by Crippen LogP contribution is 2.61. The summed E-state index contributed by atoms with van der Waals surface area (Å²) in [6, 6.07) is 8.14. The van der Waals surface area contributed by atoms with Gasteiger partial charge in [-0.1, -0.05) is 114 Å². The number of alkyl halides is 3. The van der Waals surface area contributed by atoms with E-state index >= 15 is 0 Å². The second kappa shape index (κ2) is 9.18. The molecule has 6 heteroatoms. The Morgan fingerprint density at radius 1 is 0.568 bits per heavy atom. The lowest BCUT2D eigenvalue weighted by molar-refractivity contribution is -0.0536. The van der Waals surface area contributed by atoms with Gasteiger partial charge in [0.05, 0.1) is 0 Å². The quantitative estimate of drug-likeness (QED) is 0.312. The summed E-state index contributed by atoms with van der Waals surface area (Å²) < 4.78 is 55.4. The summed E-state index contributed by atoms with van der Waals surface area (Å²) in [4.78, 5) is 0. The molecule has 0 saturated heterocycles. The summed E-state index contributed by atoms with van der Waals surface area (Å²) in [5, 5.41) is 0. The van der Waals surface area contributed by atoms with Gasteiger partial charge in [-0.05, 0) is 32.8 Å². The fourth-order valence-electron chi connectivity index (χ4n) is 4.59. The van der Waals surface area contributed by atoms with Crippen molar-refractivity contribution in [2.75, 3.05) is 0 Å². The molecular weight excluding hydrogens is 492 g/mol. The molecule has 0 atom stereocenters. The number of halogens is 3. The van der Waals surface area contributed by atoms with E-state index in [1.54, 1.807) is 0 Å². The van der Waals surface area contributed by atoms with Crippen LogP contribution in [0.3, 0.4) is 0 Å². The zero-order valence-corrected chi connectivity index (χ0v) is 25.7. The van der Waals surface area contributed by atoms with Gasteiger partial charge in [0.2, 0.25) is 0 Å². The van der Waals surface area contributed by atoms with Crippen LogP contribution in [0.5, 0.6) is 11.5 Å². The van der Waals surface area contributed by atoms with E-state index in [0.717, 1.165) is 33.4 Å². The van der Waals surface area contributed by atoms with E-state index < -0.39 is 25.1 Å². The summed E-state index contributed by atoms with van der Waals surface area (Å²) in [5.41, 5.74) is 4.04. The van der Waals surface area contributed by atoms with Crippen LogP contribution < -0.4 is 9.05 Å². The number of rotatable bonds is 0. The minimum absolute atomic E-state index is 0.185. The molecule has 0 unspecified atom stereocenters. The van der Waals surface area contributed by atoms with Gasteiger partial charge in [-0.2, -0.15) is 13.2 Å². The average molecular weight is 537 g/mol. The van der Waals surface area contributed by atoms with E-state index in [0.29, 0.717) is 11.5 Å². The molecule has 37 heavy (non-hydrogen) atoms. The first-order chi connectivity index (χ1) is 16.4. The summed E-state index contributed by atoms with van der Waals surface area (Å²) in [5.74, 6) is -4.27. The third kappa shape index (κ3) is 6.13. The predicted octanol–water partition coefficient (Wildman–Crippen LogP) is 10.6. The summed E-state index contributed by atoms with van der Waals surface area (Å²) >= 11 is 0. The fourth-order valence-corrected chi connectivity index (χ4v) is 5.57. The largest absolute Gasteiger partial charge is 0.484 e. The van der Waals surface area contributed by atoms with Gasteiger partial charge < -0.3 is 9.05 Å². The van der Waals surface area contributed by atoms with Crippen LogP contribution in [-0.4, -0.2) is 5.92 Å². The third-order valence-electron chi connectivity index (χ3n) is 7.07. The highest BCUT2D eigenvalue weighted by molar-refractivity contribution is 7.49. The molecule has 2 aromatic rings. The molecule has 206 valence electrons. The maximum Gasteiger partial charge on any atom is 0.484 e. The Hall–Kier alpha value is -1.74. The van der Waals surface area contributed by atoms with E-state index in [4.69, 9.17) is 9.05 Å². The lowest BCUT2D eigenvalue weighted by Crippen LogP contribution is -2.25. The van der Waals surface area contributed by atoms with Gasteiger partial charge in [-0.15, -0.1) is 0 Å². The Bertz CT molecular complexity index is 1080. The van der Waals surface area contributed by atoms with Crippen molar-refractivity contribution in [3.05, 3.63) is 57.6 Å². The molecule has 0 bridgehead atoms. The van der Waals surface area contributed by atoms with E-state index in [1.807, 2.05) is 53.7 Å². The molecule has 1 aliphatic heterocycles. The van der Waals surface area contributed by atoms with Crippen molar-refractivity contribution in [3.8, 4) is 11.5 Å². The van der Waals surface area contributed by atoms with Gasteiger partial charge in [-0.3, -0.25) is 0 Å². The van der Waals surface area contributed by atoms with Crippen LogP contribution in [0.1, 0.15) is 129 Å². The van der Waals surface area contributed by atoms with Crippen LogP contribution in [-0.2, 0) is 21.7 Å². The average Bonchev–Trinajstić information content (AvgIpc) is 2.67. The first-order valence-electron chi connectivity index (χ1n) is 13.0. The van der Waals surface area contributed by atoms with Crippen molar-refractivity contribution >= 4 is 8.38 Å². The lowest BCUT2D eigenvalue weighted by Gasteiger charge is -2.37. The Labute approximate surface area is 223 Å². The number of fused-ring (bicyclic) bond motifs is 2. The van der Waals surface area contributed by atoms with E-state index in [9.17, 15) is 13.2 Å². The normalized spacial score (nSPS) is 19.2. The molecule has 1 heterocycles. The maximum atomic E-state index is 14.5. The zero-order chi connectivity index (χ0) is 28.5. The van der Waals surface area contributed by atoms with E-state index in [1.165, 1.54) is 0 Å². The third-order valence-corrected chi connectivity index (χ3v) is 8.18. The SMILES string of the molecule is CC1c2cc(C(C)(C)C)cc(C(C)(C)C)c2OP(C(F)(F)F)Oc2c1cc(C(C)(C)C)cc2C(C)(C)C. The van der Waals surface area contributed by atoms with Gasteiger partial charge in [0.15, 0.2) is 0 Å². The zero-order valence-electron chi connectivity index (χ0n) is 24.8. The summed E-state index contributed by atoms with van der Waals surface area (Å²) in [6.45, 7) is 26.9. The molecule has 2 nitrogen and oxygen atoms in total. The van der Waals surface area contributed by atoms with Gasteiger partial charge in [0.25, 0.3) is 0 Å². The van der Waals surface area contributed by atoms with Gasteiger partial charge >= 0.3 is 14.3 Å². The number of benzene rings is 2. The van der Waals surface area contributed by atoms with Gasteiger partial charge in [-0.25, -0.2) is 0 Å². The van der Waals surface area contributed by atoms with Crippen LogP contribution in [0, 0.1) is 0 Å². The Balaban J connectivity index is 2.53. The molecule has 0 spiro atoms. The van der Waals surface area contributed by atoms with Crippen LogP contribution in [0.2, 0.25) is 0 Å². The molecule has 0 radical (unpaired) electrons. The Morgan fingerprint density at radius 2 is 0.892 bits per heavy atom. The van der Waals surface area contributed by atoms with Crippen molar-refractivity contribution in [2.24, 2.45) is 0 Å². The summed E-state index contributed by atoms with van der Waals surface area (Å²) in [7, 11) is -3.25. The van der Waals surface area contributed by atoms with Gasteiger partial charge in [0.1, 0.15) is 11.5 Å². The second-order valence-electron chi connectivity index (χ2n) is 14.5. The van der Waals surface area contributed by atoms with E-state index in [2.05, 4.69) is 60.6 Å². The second-order valence-corrected chi connectivity index (χ2v) is 15.9. The molecule has 0 N–H and O–H groups in total. The standard InChI is InChI=1S/C31H44F3O2P/c1-18-21-14-19(27(2,3)4)16-23(29(8,9)10)25(21)35-37(31(32,33)34)36-26-22(18)15-20(28(5,6)7)17-24(26)30(11,12)13/h14-18H,1-13H3. The topological polar surface area (TPSA) is 18.5 Å². The molecule has 1 aliphatic rings. The van der Waals surface area contributed by atoms with Crippen LogP contribution in [0.25, 0.3) is 0 Å². The molecular formula is C31H44F3O2P. The highest BCUT2D eigenvalue weighted by Gasteiger charge is 2.50. The van der Waals surface area contributed by atoms with Crippen molar-refractivity contribution < 1.29 is 22.2 Å². The first kappa shape index (κ1) is 29.8. The molecule has 0 fully saturated rings. The smallest absolute Gasteiger partial charge is 0.432 e. The molecule has 3 rings (SSSR count). The van der Waals surface area contributed by atoms with Crippen LogP contribution in [0.4, 0.5) is 13.2 Å². The van der Waals surface area contributed by atoms with Gasteiger partial charge in [0, 0.05) is 28.2 Å². The molecule has 0 aliphatic carbocycles. The molecule has 0 aromatic heterocycles. The highest BCUT2D eigenvalue weighted by atomic mass is 31.2. The Morgan fingerprint density at radius 3 is 1.14 bits per heavy atom. The van der Waals surface area contributed by atoms with Crippen molar-refractivity contribution in [1.82, 2.24) is 0 Å². The maximum absolute atomic E-state index is 14.5. The minimum Gasteiger partial charge on any atom is -0.432 e. The Kier molecular flexibility index (Phi) is 7.39. The first-order valence-corrected chi connectivity index (χ1v) is 14.2. The van der Waals surface area contributed by atoms with Crippen molar-refractivity contribution in [2.45, 2.75) is 124 Å². The number of hydrogen-bond donors (Lipinski definition) is 0. The van der Waals surface area contributed by atoms with E-state index in [-0.39, 0.29) is 16.7 Å². The van der Waals surface area contributed by atoms with Crippen molar-refractivity contribution in [1.29, 1.82) is 0 Å². The predicted molar refractivity (Wildman–Crippen MR) is 149 cm³/mol. The monoisotopic (exact) mass is 536 g/mol. The molecule has 2 aromatic carbocycles. The number of hydrogen-bond acceptors (Lipinski definition) is 2. The minimum atomic E-state index is -4.65. The molecule has 0 amide bonds. The molecule has 0 saturated carbocycles. The van der Waals surface area contributed by atoms with Crippen LogP contribution in [0.15, 0.2) is 24.3 Å². The lowest BCUT2D eigenvalue weighted by atomic mass is 9.74. The summed E-state index contributed by atoms with van der Waals surface area (Å²) in [6.07, 6.45) is 0. The fraction of sp³-hybridized carbons (Fsp3) is 0.613.